The third-order valence-corrected chi connectivity index (χ3v) is 5.91. The van der Waals surface area contributed by atoms with E-state index < -0.39 is 10.0 Å². The Balaban J connectivity index is 0.00000272. The van der Waals surface area contributed by atoms with Gasteiger partial charge in [-0.2, -0.15) is 0 Å². The van der Waals surface area contributed by atoms with E-state index in [0.29, 0.717) is 22.4 Å². The van der Waals surface area contributed by atoms with Gasteiger partial charge in [0.2, 0.25) is 0 Å². The number of anilines is 3. The number of benzene rings is 3. The first-order valence-electron chi connectivity index (χ1n) is 9.12. The highest BCUT2D eigenvalue weighted by Gasteiger charge is 2.15. The van der Waals surface area contributed by atoms with Crippen LogP contribution in [0.15, 0.2) is 78.0 Å². The molecule has 4 aromatic rings. The fourth-order valence-corrected chi connectivity index (χ4v) is 4.02. The molecule has 0 aliphatic rings. The van der Waals surface area contributed by atoms with Crippen LogP contribution in [-0.2, 0) is 10.0 Å². The quantitative estimate of drug-likeness (QED) is 0.423. The number of fused-ring (bicyclic) bond motifs is 1. The average molecular weight is 451 g/mol. The molecule has 0 radical (unpaired) electrons. The summed E-state index contributed by atoms with van der Waals surface area (Å²) >= 11 is 0. The van der Waals surface area contributed by atoms with Gasteiger partial charge in [-0.25, -0.2) is 18.4 Å². The van der Waals surface area contributed by atoms with Crippen LogP contribution in [0.4, 0.5) is 17.2 Å². The van der Waals surface area contributed by atoms with Crippen LogP contribution in [0.3, 0.4) is 0 Å². The number of sulfonamides is 1. The number of rotatable bonds is 5. The van der Waals surface area contributed by atoms with Gasteiger partial charge >= 0.3 is 0 Å². The van der Waals surface area contributed by atoms with Crippen molar-refractivity contribution in [1.82, 2.24) is 9.97 Å². The second kappa shape index (κ2) is 9.04. The minimum atomic E-state index is -3.71. The van der Waals surface area contributed by atoms with E-state index in [2.05, 4.69) is 25.9 Å². The maximum absolute atomic E-state index is 12.7. The Morgan fingerprint density at radius 1 is 0.935 bits per heavy atom. The first-order chi connectivity index (χ1) is 14.4. The topological polar surface area (TPSA) is 84.0 Å². The van der Waals surface area contributed by atoms with Gasteiger partial charge < -0.3 is 5.32 Å². The van der Waals surface area contributed by atoms with Gasteiger partial charge in [-0.15, -0.1) is 18.8 Å². The molecule has 0 saturated carbocycles. The third-order valence-electron chi connectivity index (χ3n) is 4.51. The SMILES string of the molecule is C#Cc1cccc(Nc2ncnc3ccc(NS(=O)(=O)c4ccc(C)cc4)cc23)c1.Cl. The lowest BCUT2D eigenvalue weighted by molar-refractivity contribution is 0.601. The highest BCUT2D eigenvalue weighted by molar-refractivity contribution is 7.92. The lowest BCUT2D eigenvalue weighted by Gasteiger charge is -2.12. The first kappa shape index (κ1) is 22.1. The summed E-state index contributed by atoms with van der Waals surface area (Å²) in [5, 5.41) is 3.90. The van der Waals surface area contributed by atoms with Gasteiger partial charge in [0, 0.05) is 22.3 Å². The predicted molar refractivity (Wildman–Crippen MR) is 126 cm³/mol. The van der Waals surface area contributed by atoms with Gasteiger partial charge in [0.05, 0.1) is 10.4 Å². The Morgan fingerprint density at radius 3 is 2.45 bits per heavy atom. The Morgan fingerprint density at radius 2 is 1.71 bits per heavy atom. The number of aromatic nitrogens is 2. The number of halogens is 1. The molecule has 0 saturated heterocycles. The third kappa shape index (κ3) is 4.94. The zero-order valence-electron chi connectivity index (χ0n) is 16.5. The zero-order chi connectivity index (χ0) is 21.1. The monoisotopic (exact) mass is 450 g/mol. The van der Waals surface area contributed by atoms with E-state index in [1.54, 1.807) is 42.5 Å². The molecule has 0 fully saturated rings. The van der Waals surface area contributed by atoms with Crippen molar-refractivity contribution in [1.29, 1.82) is 0 Å². The molecule has 156 valence electrons. The lowest BCUT2D eigenvalue weighted by atomic mass is 10.2. The molecule has 6 nitrogen and oxygen atoms in total. The zero-order valence-corrected chi connectivity index (χ0v) is 18.2. The number of nitrogens with zero attached hydrogens (tertiary/aromatic N) is 2. The van der Waals surface area contributed by atoms with E-state index >= 15 is 0 Å². The molecule has 0 aliphatic heterocycles. The molecule has 3 aromatic carbocycles. The van der Waals surface area contributed by atoms with Gasteiger partial charge in [-0.1, -0.05) is 29.7 Å². The molecule has 1 aromatic heterocycles. The second-order valence-electron chi connectivity index (χ2n) is 6.72. The Kier molecular flexibility index (Phi) is 6.44. The number of hydrogen-bond acceptors (Lipinski definition) is 5. The van der Waals surface area contributed by atoms with Gasteiger partial charge in [-0.05, 0) is 55.5 Å². The van der Waals surface area contributed by atoms with Gasteiger partial charge in [0.25, 0.3) is 10.0 Å². The van der Waals surface area contributed by atoms with Crippen LogP contribution in [0.2, 0.25) is 0 Å². The van der Waals surface area contributed by atoms with Crippen molar-refractivity contribution in [3.63, 3.8) is 0 Å². The van der Waals surface area contributed by atoms with Crippen LogP contribution < -0.4 is 10.0 Å². The molecule has 0 atom stereocenters. The van der Waals surface area contributed by atoms with Gasteiger partial charge in [-0.3, -0.25) is 4.72 Å². The van der Waals surface area contributed by atoms with Crippen molar-refractivity contribution in [2.24, 2.45) is 0 Å². The summed E-state index contributed by atoms with van der Waals surface area (Å²) in [7, 11) is -3.71. The van der Waals surface area contributed by atoms with E-state index in [-0.39, 0.29) is 17.3 Å². The van der Waals surface area contributed by atoms with Crippen LogP contribution in [0.1, 0.15) is 11.1 Å². The van der Waals surface area contributed by atoms with Crippen LogP contribution in [-0.4, -0.2) is 18.4 Å². The maximum Gasteiger partial charge on any atom is 0.261 e. The number of nitrogens with one attached hydrogen (secondary N) is 2. The van der Waals surface area contributed by atoms with Crippen molar-refractivity contribution in [2.75, 3.05) is 10.0 Å². The number of terminal acetylenes is 1. The lowest BCUT2D eigenvalue weighted by Crippen LogP contribution is -2.13. The molecule has 2 N–H and O–H groups in total. The van der Waals surface area contributed by atoms with Crippen molar-refractivity contribution in [3.8, 4) is 12.3 Å². The van der Waals surface area contributed by atoms with Crippen molar-refractivity contribution < 1.29 is 8.42 Å². The molecule has 31 heavy (non-hydrogen) atoms. The summed E-state index contributed by atoms with van der Waals surface area (Å²) in [6.45, 7) is 1.90. The maximum atomic E-state index is 12.7. The highest BCUT2D eigenvalue weighted by atomic mass is 35.5. The first-order valence-corrected chi connectivity index (χ1v) is 10.6. The van der Waals surface area contributed by atoms with Crippen LogP contribution in [0, 0.1) is 19.3 Å². The van der Waals surface area contributed by atoms with E-state index in [1.807, 2.05) is 31.2 Å². The van der Waals surface area contributed by atoms with E-state index in [9.17, 15) is 8.42 Å². The highest BCUT2D eigenvalue weighted by Crippen LogP contribution is 2.27. The van der Waals surface area contributed by atoms with E-state index in [4.69, 9.17) is 6.42 Å². The molecule has 0 unspecified atom stereocenters. The van der Waals surface area contributed by atoms with E-state index in [1.165, 1.54) is 6.33 Å². The molecular weight excluding hydrogens is 432 g/mol. The Bertz CT molecular complexity index is 1380. The fraction of sp³-hybridized carbons (Fsp3) is 0.0435. The normalized spacial score (nSPS) is 10.7. The summed E-state index contributed by atoms with van der Waals surface area (Å²) in [6.07, 6.45) is 6.92. The predicted octanol–water partition coefficient (Wildman–Crippen LogP) is 4.89. The van der Waals surface area contributed by atoms with Crippen LogP contribution in [0.5, 0.6) is 0 Å². The Labute approximate surface area is 187 Å². The van der Waals surface area contributed by atoms with Crippen molar-refractivity contribution >= 4 is 50.5 Å². The second-order valence-corrected chi connectivity index (χ2v) is 8.41. The van der Waals surface area contributed by atoms with E-state index in [0.717, 1.165) is 16.8 Å². The van der Waals surface area contributed by atoms with Crippen LogP contribution in [0.25, 0.3) is 10.9 Å². The summed E-state index contributed by atoms with van der Waals surface area (Å²) in [4.78, 5) is 8.77. The minimum Gasteiger partial charge on any atom is -0.340 e. The summed E-state index contributed by atoms with van der Waals surface area (Å²) in [5.74, 6) is 3.14. The minimum absolute atomic E-state index is 0. The molecule has 0 spiro atoms. The molecule has 0 aliphatic carbocycles. The molecule has 1 heterocycles. The van der Waals surface area contributed by atoms with Gasteiger partial charge in [0.1, 0.15) is 12.1 Å². The summed E-state index contributed by atoms with van der Waals surface area (Å²) < 4.78 is 28.1. The van der Waals surface area contributed by atoms with Crippen LogP contribution >= 0.6 is 12.4 Å². The van der Waals surface area contributed by atoms with Crippen molar-refractivity contribution in [3.05, 3.63) is 84.2 Å². The number of aryl methyl sites for hydroxylation is 1. The molecule has 0 bridgehead atoms. The summed E-state index contributed by atoms with van der Waals surface area (Å²) in [5.41, 5.74) is 3.60. The molecule has 4 rings (SSSR count). The van der Waals surface area contributed by atoms with Gasteiger partial charge in [0.15, 0.2) is 0 Å². The van der Waals surface area contributed by atoms with Crippen molar-refractivity contribution in [2.45, 2.75) is 11.8 Å². The fourth-order valence-electron chi connectivity index (χ4n) is 2.97. The standard InChI is InChI=1S/C23H18N4O2S.ClH/c1-3-17-5-4-6-18(13-17)26-23-21-14-19(9-12-22(21)24-15-25-23)27-30(28,29)20-10-7-16(2)8-11-20;/h1,4-15,27H,2H3,(H,24,25,26);1H. The molecule has 8 heteroatoms. The molecule has 0 amide bonds. The largest absolute Gasteiger partial charge is 0.340 e. The summed E-state index contributed by atoms with van der Waals surface area (Å²) in [6, 6.07) is 19.2. The Hall–Kier alpha value is -3.60. The smallest absolute Gasteiger partial charge is 0.261 e. The molecular formula is C23H19ClN4O2S. The number of hydrogen-bond donors (Lipinski definition) is 2. The average Bonchev–Trinajstić information content (AvgIpc) is 2.74.